The molecule has 0 bridgehead atoms. The second-order valence-corrected chi connectivity index (χ2v) is 5.06. The maximum Gasteiger partial charge on any atom is 0.241 e. The van der Waals surface area contributed by atoms with Crippen LogP contribution in [-0.2, 0) is 4.79 Å². The van der Waals surface area contributed by atoms with Crippen molar-refractivity contribution in [1.82, 2.24) is 4.98 Å². The first-order chi connectivity index (χ1) is 10.1. The van der Waals surface area contributed by atoms with Gasteiger partial charge in [-0.15, -0.1) is 24.8 Å². The van der Waals surface area contributed by atoms with Gasteiger partial charge in [0.2, 0.25) is 11.8 Å². The summed E-state index contributed by atoms with van der Waals surface area (Å²) in [6, 6.07) is 12.3. The first-order valence-electron chi connectivity index (χ1n) is 6.81. The monoisotopic (exact) mass is 357 g/mol. The molecule has 1 atom stereocenters. The lowest BCUT2D eigenvalue weighted by Gasteiger charge is -2.15. The molecule has 0 saturated carbocycles. The van der Waals surface area contributed by atoms with Crippen molar-refractivity contribution in [2.24, 2.45) is 11.7 Å². The van der Waals surface area contributed by atoms with Gasteiger partial charge >= 0.3 is 0 Å². The largest absolute Gasteiger partial charge is 0.439 e. The highest BCUT2D eigenvalue weighted by molar-refractivity contribution is 5.94. The quantitative estimate of drug-likeness (QED) is 0.856. The molecule has 7 heteroatoms. The fourth-order valence-corrected chi connectivity index (χ4v) is 1.65. The SMILES string of the molecule is CC(C)[C@H](N)C(=O)Nc1ccc(Oc2ccccc2)nc1.Cl.Cl. The molecule has 126 valence electrons. The molecule has 0 aliphatic heterocycles. The molecule has 3 N–H and O–H groups in total. The van der Waals surface area contributed by atoms with E-state index < -0.39 is 6.04 Å². The van der Waals surface area contributed by atoms with Crippen molar-refractivity contribution in [2.75, 3.05) is 5.32 Å². The summed E-state index contributed by atoms with van der Waals surface area (Å²) in [4.78, 5) is 16.0. The number of aromatic nitrogens is 1. The summed E-state index contributed by atoms with van der Waals surface area (Å²) in [5, 5.41) is 2.73. The lowest BCUT2D eigenvalue weighted by molar-refractivity contribution is -0.118. The number of nitrogens with one attached hydrogen (secondary N) is 1. The summed E-state index contributed by atoms with van der Waals surface area (Å²) in [5.41, 5.74) is 6.38. The summed E-state index contributed by atoms with van der Waals surface area (Å²) in [5.74, 6) is 1.04. The average molecular weight is 358 g/mol. The Kier molecular flexibility index (Phi) is 9.25. The Hall–Kier alpha value is -1.82. The van der Waals surface area contributed by atoms with Crippen LogP contribution in [0, 0.1) is 5.92 Å². The van der Waals surface area contributed by atoms with E-state index in [9.17, 15) is 4.79 Å². The summed E-state index contributed by atoms with van der Waals surface area (Å²) in [6.45, 7) is 3.80. The number of anilines is 1. The number of benzene rings is 1. The van der Waals surface area contributed by atoms with Crippen molar-refractivity contribution in [1.29, 1.82) is 0 Å². The van der Waals surface area contributed by atoms with E-state index in [1.807, 2.05) is 44.2 Å². The minimum atomic E-state index is -0.537. The molecule has 5 nitrogen and oxygen atoms in total. The van der Waals surface area contributed by atoms with Crippen LogP contribution in [0.5, 0.6) is 11.6 Å². The van der Waals surface area contributed by atoms with Gasteiger partial charge in [0.1, 0.15) is 5.75 Å². The van der Waals surface area contributed by atoms with Crippen molar-refractivity contribution < 1.29 is 9.53 Å². The standard InChI is InChI=1S/C16H19N3O2.2ClH/c1-11(2)15(17)16(20)19-12-8-9-14(18-10-12)21-13-6-4-3-5-7-13;;/h3-11,15H,17H2,1-2H3,(H,19,20);2*1H/t15-;;/m0../s1. The summed E-state index contributed by atoms with van der Waals surface area (Å²) in [7, 11) is 0. The molecule has 1 aromatic heterocycles. The highest BCUT2D eigenvalue weighted by Gasteiger charge is 2.17. The highest BCUT2D eigenvalue weighted by Crippen LogP contribution is 2.19. The first kappa shape index (κ1) is 21.2. The number of carbonyl (C=O) groups is 1. The van der Waals surface area contributed by atoms with Gasteiger partial charge in [0, 0.05) is 6.07 Å². The van der Waals surface area contributed by atoms with Crippen molar-refractivity contribution in [2.45, 2.75) is 19.9 Å². The van der Waals surface area contributed by atoms with Crippen LogP contribution in [0.15, 0.2) is 48.7 Å². The summed E-state index contributed by atoms with van der Waals surface area (Å²) >= 11 is 0. The van der Waals surface area contributed by atoms with E-state index in [1.54, 1.807) is 18.3 Å². The van der Waals surface area contributed by atoms with Crippen LogP contribution < -0.4 is 15.8 Å². The van der Waals surface area contributed by atoms with Crippen molar-refractivity contribution in [3.05, 3.63) is 48.7 Å². The zero-order valence-electron chi connectivity index (χ0n) is 12.9. The van der Waals surface area contributed by atoms with Gasteiger partial charge < -0.3 is 15.8 Å². The van der Waals surface area contributed by atoms with Crippen LogP contribution in [0.1, 0.15) is 13.8 Å². The fourth-order valence-electron chi connectivity index (χ4n) is 1.65. The van der Waals surface area contributed by atoms with Gasteiger partial charge in [-0.3, -0.25) is 4.79 Å². The van der Waals surface area contributed by atoms with E-state index in [1.165, 1.54) is 0 Å². The maximum absolute atomic E-state index is 11.8. The minimum absolute atomic E-state index is 0. The van der Waals surface area contributed by atoms with Crippen LogP contribution in [0.3, 0.4) is 0 Å². The van der Waals surface area contributed by atoms with Gasteiger partial charge in [-0.05, 0) is 24.1 Å². The number of halogens is 2. The number of nitrogens with zero attached hydrogens (tertiary/aromatic N) is 1. The summed E-state index contributed by atoms with van der Waals surface area (Å²) in [6.07, 6.45) is 1.54. The highest BCUT2D eigenvalue weighted by atomic mass is 35.5. The fraction of sp³-hybridized carbons (Fsp3) is 0.250. The van der Waals surface area contributed by atoms with Gasteiger partial charge in [-0.25, -0.2) is 4.98 Å². The molecule has 2 rings (SSSR count). The molecule has 23 heavy (non-hydrogen) atoms. The molecule has 0 fully saturated rings. The molecule has 0 radical (unpaired) electrons. The Morgan fingerprint density at radius 1 is 1.13 bits per heavy atom. The number of amides is 1. The zero-order valence-corrected chi connectivity index (χ0v) is 14.6. The zero-order chi connectivity index (χ0) is 15.2. The number of carbonyl (C=O) groups excluding carboxylic acids is 1. The Balaban J connectivity index is 0.00000242. The molecule has 0 unspecified atom stereocenters. The lowest BCUT2D eigenvalue weighted by atomic mass is 10.1. The topological polar surface area (TPSA) is 77.2 Å². The van der Waals surface area contributed by atoms with E-state index in [4.69, 9.17) is 10.5 Å². The van der Waals surface area contributed by atoms with E-state index in [-0.39, 0.29) is 36.6 Å². The molecular weight excluding hydrogens is 337 g/mol. The van der Waals surface area contributed by atoms with Crippen LogP contribution in [0.4, 0.5) is 5.69 Å². The average Bonchev–Trinajstić information content (AvgIpc) is 2.49. The normalized spacial score (nSPS) is 11.0. The molecular formula is C16H21Cl2N3O2. The Labute approximate surface area is 148 Å². The number of hydrogen-bond acceptors (Lipinski definition) is 4. The molecule has 1 amide bonds. The van der Waals surface area contributed by atoms with Crippen LogP contribution in [-0.4, -0.2) is 16.9 Å². The van der Waals surface area contributed by atoms with Crippen molar-refractivity contribution in [3.63, 3.8) is 0 Å². The molecule has 0 spiro atoms. The summed E-state index contributed by atoms with van der Waals surface area (Å²) < 4.78 is 5.58. The molecule has 0 saturated heterocycles. The van der Waals surface area contributed by atoms with Crippen molar-refractivity contribution in [3.8, 4) is 11.6 Å². The van der Waals surface area contributed by atoms with E-state index in [2.05, 4.69) is 10.3 Å². The number of pyridine rings is 1. The van der Waals surface area contributed by atoms with Crippen LogP contribution >= 0.6 is 24.8 Å². The molecule has 2 aromatic rings. The third-order valence-corrected chi connectivity index (χ3v) is 2.99. The third-order valence-electron chi connectivity index (χ3n) is 2.99. The molecule has 0 aliphatic carbocycles. The second-order valence-electron chi connectivity index (χ2n) is 5.06. The maximum atomic E-state index is 11.8. The number of para-hydroxylation sites is 1. The third kappa shape index (κ3) is 6.44. The van der Waals surface area contributed by atoms with Gasteiger partial charge in [0.25, 0.3) is 0 Å². The van der Waals surface area contributed by atoms with Gasteiger partial charge in [0.05, 0.1) is 17.9 Å². The van der Waals surface area contributed by atoms with E-state index in [0.717, 1.165) is 0 Å². The predicted octanol–water partition coefficient (Wildman–Crippen LogP) is 3.64. The number of ether oxygens (including phenoxy) is 1. The van der Waals surface area contributed by atoms with Gasteiger partial charge in [-0.1, -0.05) is 32.0 Å². The van der Waals surface area contributed by atoms with E-state index in [0.29, 0.717) is 17.3 Å². The smallest absolute Gasteiger partial charge is 0.241 e. The number of rotatable bonds is 5. The van der Waals surface area contributed by atoms with E-state index >= 15 is 0 Å². The Morgan fingerprint density at radius 2 is 1.78 bits per heavy atom. The molecule has 1 heterocycles. The minimum Gasteiger partial charge on any atom is -0.439 e. The second kappa shape index (κ2) is 10.0. The number of hydrogen-bond donors (Lipinski definition) is 2. The first-order valence-corrected chi connectivity index (χ1v) is 6.81. The van der Waals surface area contributed by atoms with Crippen molar-refractivity contribution >= 4 is 36.4 Å². The Bertz CT molecular complexity index is 592. The van der Waals surface area contributed by atoms with Crippen LogP contribution in [0.25, 0.3) is 0 Å². The Morgan fingerprint density at radius 3 is 2.30 bits per heavy atom. The van der Waals surface area contributed by atoms with Gasteiger partial charge in [0.15, 0.2) is 0 Å². The lowest BCUT2D eigenvalue weighted by Crippen LogP contribution is -2.39. The number of nitrogens with two attached hydrogens (primary N) is 1. The van der Waals surface area contributed by atoms with Crippen LogP contribution in [0.2, 0.25) is 0 Å². The molecule has 1 aromatic carbocycles. The molecule has 0 aliphatic rings. The van der Waals surface area contributed by atoms with Gasteiger partial charge in [-0.2, -0.15) is 0 Å². The predicted molar refractivity (Wildman–Crippen MR) is 96.7 cm³/mol.